The van der Waals surface area contributed by atoms with E-state index in [2.05, 4.69) is 21.0 Å². The molecule has 0 bridgehead atoms. The molecule has 0 atom stereocenters. The lowest BCUT2D eigenvalue weighted by molar-refractivity contribution is 0.0992. The fourth-order valence-electron chi connectivity index (χ4n) is 1.81. The summed E-state index contributed by atoms with van der Waals surface area (Å²) in [5.74, 6) is -0.0148. The van der Waals surface area contributed by atoms with Gasteiger partial charge in [-0.05, 0) is 38.1 Å². The average molecular weight is 322 g/mol. The van der Waals surface area contributed by atoms with E-state index in [1.165, 1.54) is 0 Å². The number of carbonyl (C=O) groups excluding carboxylic acids is 1. The third-order valence-electron chi connectivity index (χ3n) is 2.85. The van der Waals surface area contributed by atoms with Crippen LogP contribution >= 0.6 is 15.9 Å². The molecule has 0 aliphatic heterocycles. The van der Waals surface area contributed by atoms with Gasteiger partial charge in [0.2, 0.25) is 0 Å². The van der Waals surface area contributed by atoms with Gasteiger partial charge in [0.05, 0.1) is 12.1 Å². The largest absolute Gasteiger partial charge is 0.398 e. The monoisotopic (exact) mass is 321 g/mol. The predicted molar refractivity (Wildman–Crippen MR) is 79.2 cm³/mol. The highest BCUT2D eigenvalue weighted by Crippen LogP contribution is 2.20. The molecule has 0 spiro atoms. The van der Waals surface area contributed by atoms with Gasteiger partial charge in [-0.1, -0.05) is 15.9 Å². The maximum Gasteiger partial charge on any atom is 0.170 e. The SMILES string of the molecule is CC(C)n1ccc(CC(=O)c2ccc(Br)cc2N)n1. The van der Waals surface area contributed by atoms with Gasteiger partial charge >= 0.3 is 0 Å². The standard InChI is InChI=1S/C14H16BrN3O/c1-9(2)18-6-5-11(17-18)8-14(19)12-4-3-10(15)7-13(12)16/h3-7,9H,8,16H2,1-2H3. The Balaban J connectivity index is 2.16. The van der Waals surface area contributed by atoms with E-state index in [9.17, 15) is 4.79 Å². The lowest BCUT2D eigenvalue weighted by atomic mass is 10.1. The minimum Gasteiger partial charge on any atom is -0.398 e. The molecule has 0 fully saturated rings. The second-order valence-electron chi connectivity index (χ2n) is 4.71. The molecular weight excluding hydrogens is 306 g/mol. The number of carbonyl (C=O) groups is 1. The number of benzene rings is 1. The Kier molecular flexibility index (Phi) is 4.04. The van der Waals surface area contributed by atoms with E-state index in [4.69, 9.17) is 5.73 Å². The van der Waals surface area contributed by atoms with Crippen LogP contribution in [0, 0.1) is 0 Å². The molecule has 0 saturated heterocycles. The van der Waals surface area contributed by atoms with E-state index in [-0.39, 0.29) is 12.2 Å². The number of ketones is 1. The first-order valence-corrected chi connectivity index (χ1v) is 6.89. The van der Waals surface area contributed by atoms with Crippen molar-refractivity contribution in [1.82, 2.24) is 9.78 Å². The summed E-state index contributed by atoms with van der Waals surface area (Å²) in [5.41, 5.74) is 7.65. The zero-order valence-electron chi connectivity index (χ0n) is 10.9. The fourth-order valence-corrected chi connectivity index (χ4v) is 2.19. The van der Waals surface area contributed by atoms with Gasteiger partial charge in [-0.15, -0.1) is 0 Å². The molecule has 0 aliphatic rings. The van der Waals surface area contributed by atoms with Gasteiger partial charge in [0, 0.05) is 28.0 Å². The number of nitrogens with two attached hydrogens (primary N) is 1. The molecule has 19 heavy (non-hydrogen) atoms. The van der Waals surface area contributed by atoms with E-state index in [0.717, 1.165) is 10.2 Å². The molecule has 0 unspecified atom stereocenters. The first-order valence-electron chi connectivity index (χ1n) is 6.09. The molecule has 2 aromatic rings. The topological polar surface area (TPSA) is 60.9 Å². The summed E-state index contributed by atoms with van der Waals surface area (Å²) in [6.45, 7) is 4.09. The van der Waals surface area contributed by atoms with Gasteiger partial charge in [0.25, 0.3) is 0 Å². The Morgan fingerprint density at radius 2 is 2.16 bits per heavy atom. The fraction of sp³-hybridized carbons (Fsp3) is 0.286. The van der Waals surface area contributed by atoms with Crippen molar-refractivity contribution in [3.8, 4) is 0 Å². The van der Waals surface area contributed by atoms with Crippen LogP contribution in [0.25, 0.3) is 0 Å². The Labute approximate surface area is 120 Å². The van der Waals surface area contributed by atoms with Crippen molar-refractivity contribution < 1.29 is 4.79 Å². The molecule has 0 radical (unpaired) electrons. The zero-order chi connectivity index (χ0) is 14.0. The van der Waals surface area contributed by atoms with Crippen LogP contribution < -0.4 is 5.73 Å². The quantitative estimate of drug-likeness (QED) is 0.694. The summed E-state index contributed by atoms with van der Waals surface area (Å²) < 4.78 is 2.71. The lowest BCUT2D eigenvalue weighted by Gasteiger charge is -2.05. The average Bonchev–Trinajstić information content (AvgIpc) is 2.77. The van der Waals surface area contributed by atoms with E-state index < -0.39 is 0 Å². The number of anilines is 1. The molecule has 0 amide bonds. The number of aromatic nitrogens is 2. The second kappa shape index (κ2) is 5.57. The second-order valence-corrected chi connectivity index (χ2v) is 5.63. The summed E-state index contributed by atoms with van der Waals surface area (Å²) >= 11 is 3.32. The van der Waals surface area contributed by atoms with Crippen molar-refractivity contribution in [3.63, 3.8) is 0 Å². The number of hydrogen-bond acceptors (Lipinski definition) is 3. The van der Waals surface area contributed by atoms with E-state index >= 15 is 0 Å². The zero-order valence-corrected chi connectivity index (χ0v) is 12.5. The van der Waals surface area contributed by atoms with Crippen LogP contribution in [0.15, 0.2) is 34.9 Å². The lowest BCUT2D eigenvalue weighted by Crippen LogP contribution is -2.08. The summed E-state index contributed by atoms with van der Waals surface area (Å²) in [6.07, 6.45) is 2.16. The van der Waals surface area contributed by atoms with Crippen molar-refractivity contribution in [3.05, 3.63) is 46.2 Å². The normalized spacial score (nSPS) is 10.9. The van der Waals surface area contributed by atoms with Crippen LogP contribution in [-0.4, -0.2) is 15.6 Å². The van der Waals surface area contributed by atoms with Gasteiger partial charge in [-0.25, -0.2) is 0 Å². The number of nitrogens with zero attached hydrogens (tertiary/aromatic N) is 2. The number of nitrogen functional groups attached to an aromatic ring is 1. The number of halogens is 1. The minimum absolute atomic E-state index is 0.0148. The summed E-state index contributed by atoms with van der Waals surface area (Å²) in [4.78, 5) is 12.2. The number of rotatable bonds is 4. The smallest absolute Gasteiger partial charge is 0.170 e. The van der Waals surface area contributed by atoms with Crippen molar-refractivity contribution in [2.75, 3.05) is 5.73 Å². The third kappa shape index (κ3) is 3.23. The first-order chi connectivity index (χ1) is 8.97. The van der Waals surface area contributed by atoms with Crippen molar-refractivity contribution in [2.45, 2.75) is 26.3 Å². The highest BCUT2D eigenvalue weighted by Gasteiger charge is 2.13. The molecule has 1 aromatic carbocycles. The molecular formula is C14H16BrN3O. The Bertz CT molecular complexity index is 604. The molecule has 2 rings (SSSR count). The van der Waals surface area contributed by atoms with Crippen LogP contribution in [-0.2, 0) is 6.42 Å². The Morgan fingerprint density at radius 3 is 2.74 bits per heavy atom. The van der Waals surface area contributed by atoms with Crippen LogP contribution in [0.2, 0.25) is 0 Å². The van der Waals surface area contributed by atoms with E-state index in [1.54, 1.807) is 12.1 Å². The van der Waals surface area contributed by atoms with Gasteiger partial charge in [0.1, 0.15) is 0 Å². The molecule has 0 aliphatic carbocycles. The van der Waals surface area contributed by atoms with Crippen molar-refractivity contribution in [1.29, 1.82) is 0 Å². The molecule has 0 saturated carbocycles. The first kappa shape index (κ1) is 13.8. The summed E-state index contributed by atoms with van der Waals surface area (Å²) in [6, 6.07) is 7.45. The molecule has 4 nitrogen and oxygen atoms in total. The van der Waals surface area contributed by atoms with Crippen LogP contribution in [0.4, 0.5) is 5.69 Å². The molecule has 100 valence electrons. The number of Topliss-reactive ketones (excluding diaryl/α,β-unsaturated/α-hetero) is 1. The van der Waals surface area contributed by atoms with E-state index in [1.807, 2.05) is 36.9 Å². The number of hydrogen-bond donors (Lipinski definition) is 1. The van der Waals surface area contributed by atoms with Crippen LogP contribution in [0.1, 0.15) is 35.9 Å². The van der Waals surface area contributed by atoms with E-state index in [0.29, 0.717) is 17.3 Å². The molecule has 1 heterocycles. The predicted octanol–water partition coefficient (Wildman–Crippen LogP) is 3.23. The van der Waals surface area contributed by atoms with Crippen LogP contribution in [0.5, 0.6) is 0 Å². The summed E-state index contributed by atoms with van der Waals surface area (Å²) in [7, 11) is 0. The molecule has 2 N–H and O–H groups in total. The highest BCUT2D eigenvalue weighted by atomic mass is 79.9. The third-order valence-corrected chi connectivity index (χ3v) is 3.34. The van der Waals surface area contributed by atoms with Gasteiger partial charge in [-0.3, -0.25) is 9.48 Å². The maximum absolute atomic E-state index is 12.2. The highest BCUT2D eigenvalue weighted by molar-refractivity contribution is 9.10. The van der Waals surface area contributed by atoms with Gasteiger partial charge < -0.3 is 5.73 Å². The maximum atomic E-state index is 12.2. The Morgan fingerprint density at radius 1 is 1.42 bits per heavy atom. The Hall–Kier alpha value is -1.62. The molecule has 1 aromatic heterocycles. The minimum atomic E-state index is -0.0148. The van der Waals surface area contributed by atoms with Gasteiger partial charge in [-0.2, -0.15) is 5.10 Å². The van der Waals surface area contributed by atoms with Crippen LogP contribution in [0.3, 0.4) is 0 Å². The summed E-state index contributed by atoms with van der Waals surface area (Å²) in [5, 5.41) is 4.37. The van der Waals surface area contributed by atoms with Crippen molar-refractivity contribution in [2.24, 2.45) is 0 Å². The van der Waals surface area contributed by atoms with Crippen molar-refractivity contribution >= 4 is 27.4 Å². The van der Waals surface area contributed by atoms with Gasteiger partial charge in [0.15, 0.2) is 5.78 Å². The molecule has 5 heteroatoms.